The van der Waals surface area contributed by atoms with Gasteiger partial charge in [-0.3, -0.25) is 4.68 Å². The molecule has 0 aliphatic rings. The zero-order chi connectivity index (χ0) is 14.1. The van der Waals surface area contributed by atoms with Crippen LogP contribution >= 0.6 is 0 Å². The molecule has 0 spiro atoms. The largest absolute Gasteiger partial charge is 0.385 e. The third kappa shape index (κ3) is 4.96. The second kappa shape index (κ2) is 9.10. The first kappa shape index (κ1) is 16.2. The van der Waals surface area contributed by atoms with Crippen molar-refractivity contribution in [1.29, 1.82) is 0 Å². The van der Waals surface area contributed by atoms with Crippen LogP contribution in [0.5, 0.6) is 0 Å². The van der Waals surface area contributed by atoms with Gasteiger partial charge in [0.15, 0.2) is 0 Å². The Hall–Kier alpha value is -0.870. The van der Waals surface area contributed by atoms with E-state index < -0.39 is 0 Å². The number of ether oxygens (including phenoxy) is 1. The molecular formula is C15H29N3O. The maximum Gasteiger partial charge on any atom is 0.0625 e. The number of rotatable bonds is 10. The Morgan fingerprint density at radius 2 is 2.16 bits per heavy atom. The molecule has 1 aromatic rings. The van der Waals surface area contributed by atoms with Crippen LogP contribution in [0.4, 0.5) is 0 Å². The summed E-state index contributed by atoms with van der Waals surface area (Å²) in [6, 6.07) is 2.65. The standard InChI is InChI=1S/C15H29N3O/c1-5-10-16-14(9-8-11-19-4)15-12-13(6-2)17-18(15)7-3/h12,14,16H,5-11H2,1-4H3. The lowest BCUT2D eigenvalue weighted by Gasteiger charge is -2.19. The highest BCUT2D eigenvalue weighted by Crippen LogP contribution is 2.20. The van der Waals surface area contributed by atoms with Crippen molar-refractivity contribution in [2.45, 2.75) is 59.0 Å². The number of hydrogen-bond donors (Lipinski definition) is 1. The van der Waals surface area contributed by atoms with Gasteiger partial charge >= 0.3 is 0 Å². The van der Waals surface area contributed by atoms with Gasteiger partial charge in [0, 0.05) is 26.3 Å². The van der Waals surface area contributed by atoms with E-state index in [0.717, 1.165) is 45.4 Å². The van der Waals surface area contributed by atoms with Crippen molar-refractivity contribution in [1.82, 2.24) is 15.1 Å². The summed E-state index contributed by atoms with van der Waals surface area (Å²) in [7, 11) is 1.76. The summed E-state index contributed by atoms with van der Waals surface area (Å²) in [4.78, 5) is 0. The molecule has 110 valence electrons. The van der Waals surface area contributed by atoms with Gasteiger partial charge in [-0.15, -0.1) is 0 Å². The number of hydrogen-bond acceptors (Lipinski definition) is 3. The molecule has 0 radical (unpaired) electrons. The van der Waals surface area contributed by atoms with Gasteiger partial charge < -0.3 is 10.1 Å². The summed E-state index contributed by atoms with van der Waals surface area (Å²) in [6.45, 7) is 9.32. The van der Waals surface area contributed by atoms with Crippen molar-refractivity contribution < 1.29 is 4.74 Å². The lowest BCUT2D eigenvalue weighted by Crippen LogP contribution is -2.25. The molecule has 4 nitrogen and oxygen atoms in total. The van der Waals surface area contributed by atoms with Crippen molar-refractivity contribution in [3.8, 4) is 0 Å². The van der Waals surface area contributed by atoms with Crippen LogP contribution in [0.2, 0.25) is 0 Å². The van der Waals surface area contributed by atoms with E-state index in [2.05, 4.69) is 41.9 Å². The Labute approximate surface area is 117 Å². The predicted molar refractivity (Wildman–Crippen MR) is 79.4 cm³/mol. The number of nitrogens with zero attached hydrogens (tertiary/aromatic N) is 2. The summed E-state index contributed by atoms with van der Waals surface area (Å²) < 4.78 is 7.30. The van der Waals surface area contributed by atoms with Gasteiger partial charge in [0.1, 0.15) is 0 Å². The van der Waals surface area contributed by atoms with Crippen LogP contribution in [0.25, 0.3) is 0 Å². The molecule has 0 aliphatic heterocycles. The van der Waals surface area contributed by atoms with Crippen molar-refractivity contribution in [3.05, 3.63) is 17.5 Å². The van der Waals surface area contributed by atoms with Crippen LogP contribution in [0.15, 0.2) is 6.07 Å². The Kier molecular flexibility index (Phi) is 7.75. The molecule has 1 atom stereocenters. The quantitative estimate of drug-likeness (QED) is 0.662. The molecule has 0 fully saturated rings. The first-order chi connectivity index (χ1) is 9.26. The minimum absolute atomic E-state index is 0.392. The molecule has 0 saturated carbocycles. The highest BCUT2D eigenvalue weighted by Gasteiger charge is 2.16. The minimum atomic E-state index is 0.392. The van der Waals surface area contributed by atoms with Crippen LogP contribution in [0.3, 0.4) is 0 Å². The molecular weight excluding hydrogens is 238 g/mol. The van der Waals surface area contributed by atoms with Crippen LogP contribution in [0.1, 0.15) is 57.5 Å². The zero-order valence-corrected chi connectivity index (χ0v) is 12.9. The molecule has 1 N–H and O–H groups in total. The predicted octanol–water partition coefficient (Wildman–Crippen LogP) is 2.93. The van der Waals surface area contributed by atoms with Crippen LogP contribution in [-0.4, -0.2) is 30.0 Å². The number of nitrogens with one attached hydrogen (secondary N) is 1. The molecule has 0 bridgehead atoms. The van der Waals surface area contributed by atoms with E-state index in [1.165, 1.54) is 11.4 Å². The second-order valence-corrected chi connectivity index (χ2v) is 4.87. The van der Waals surface area contributed by atoms with Gasteiger partial charge in [-0.05, 0) is 45.2 Å². The third-order valence-electron chi connectivity index (χ3n) is 3.36. The maximum absolute atomic E-state index is 5.17. The van der Waals surface area contributed by atoms with E-state index in [4.69, 9.17) is 4.74 Å². The van der Waals surface area contributed by atoms with Crippen LogP contribution < -0.4 is 5.32 Å². The first-order valence-corrected chi connectivity index (χ1v) is 7.55. The zero-order valence-electron chi connectivity index (χ0n) is 12.9. The van der Waals surface area contributed by atoms with Gasteiger partial charge in [-0.1, -0.05) is 13.8 Å². The average molecular weight is 267 g/mol. The lowest BCUT2D eigenvalue weighted by atomic mass is 10.1. The molecule has 4 heteroatoms. The van der Waals surface area contributed by atoms with Gasteiger partial charge in [-0.25, -0.2) is 0 Å². The SMILES string of the molecule is CCCNC(CCCOC)c1cc(CC)nn1CC. The first-order valence-electron chi connectivity index (χ1n) is 7.55. The Bertz CT molecular complexity index is 349. The van der Waals surface area contributed by atoms with E-state index in [1.54, 1.807) is 7.11 Å². The highest BCUT2D eigenvalue weighted by molar-refractivity contribution is 5.14. The fourth-order valence-corrected chi connectivity index (χ4v) is 2.30. The molecule has 19 heavy (non-hydrogen) atoms. The maximum atomic E-state index is 5.17. The fourth-order valence-electron chi connectivity index (χ4n) is 2.30. The summed E-state index contributed by atoms with van der Waals surface area (Å²) in [6.07, 6.45) is 4.33. The minimum Gasteiger partial charge on any atom is -0.385 e. The molecule has 0 saturated heterocycles. The van der Waals surface area contributed by atoms with E-state index in [1.807, 2.05) is 0 Å². The molecule has 1 aromatic heterocycles. The van der Waals surface area contributed by atoms with Gasteiger partial charge in [0.05, 0.1) is 11.4 Å². The smallest absolute Gasteiger partial charge is 0.0625 e. The van der Waals surface area contributed by atoms with Crippen molar-refractivity contribution in [2.24, 2.45) is 0 Å². The topological polar surface area (TPSA) is 39.1 Å². The molecule has 1 unspecified atom stereocenters. The van der Waals surface area contributed by atoms with Crippen molar-refractivity contribution in [2.75, 3.05) is 20.3 Å². The number of aromatic nitrogens is 2. The number of aryl methyl sites for hydroxylation is 2. The van der Waals surface area contributed by atoms with E-state index in [0.29, 0.717) is 6.04 Å². The molecule has 1 heterocycles. The summed E-state index contributed by atoms with van der Waals surface area (Å²) in [5.74, 6) is 0. The molecule has 0 aliphatic carbocycles. The highest BCUT2D eigenvalue weighted by atomic mass is 16.5. The Morgan fingerprint density at radius 1 is 1.37 bits per heavy atom. The van der Waals surface area contributed by atoms with Gasteiger partial charge in [0.25, 0.3) is 0 Å². The Morgan fingerprint density at radius 3 is 2.74 bits per heavy atom. The van der Waals surface area contributed by atoms with E-state index in [9.17, 15) is 0 Å². The second-order valence-electron chi connectivity index (χ2n) is 4.87. The number of methoxy groups -OCH3 is 1. The van der Waals surface area contributed by atoms with E-state index >= 15 is 0 Å². The molecule has 1 rings (SSSR count). The normalized spacial score (nSPS) is 12.8. The van der Waals surface area contributed by atoms with E-state index in [-0.39, 0.29) is 0 Å². The molecule has 0 aromatic carbocycles. The molecule has 0 amide bonds. The van der Waals surface area contributed by atoms with Crippen LogP contribution in [-0.2, 0) is 17.7 Å². The van der Waals surface area contributed by atoms with Gasteiger partial charge in [-0.2, -0.15) is 5.10 Å². The lowest BCUT2D eigenvalue weighted by molar-refractivity contribution is 0.188. The summed E-state index contributed by atoms with van der Waals surface area (Å²) >= 11 is 0. The van der Waals surface area contributed by atoms with Crippen molar-refractivity contribution >= 4 is 0 Å². The third-order valence-corrected chi connectivity index (χ3v) is 3.36. The van der Waals surface area contributed by atoms with Gasteiger partial charge in [0.2, 0.25) is 0 Å². The summed E-state index contributed by atoms with van der Waals surface area (Å²) in [5, 5.41) is 8.29. The van der Waals surface area contributed by atoms with Crippen LogP contribution in [0, 0.1) is 0 Å². The Balaban J connectivity index is 2.78. The fraction of sp³-hybridized carbons (Fsp3) is 0.800. The monoisotopic (exact) mass is 267 g/mol. The average Bonchev–Trinajstić information content (AvgIpc) is 2.86. The van der Waals surface area contributed by atoms with Crippen molar-refractivity contribution in [3.63, 3.8) is 0 Å². The summed E-state index contributed by atoms with van der Waals surface area (Å²) in [5.41, 5.74) is 2.51.